The number of nitrogens with zero attached hydrogens (tertiary/aromatic N) is 2. The van der Waals surface area contributed by atoms with Crippen LogP contribution in [-0.4, -0.2) is 14.8 Å². The average Bonchev–Trinajstić information content (AvgIpc) is 3.51. The van der Waals surface area contributed by atoms with Crippen molar-refractivity contribution in [2.75, 3.05) is 9.80 Å². The second-order valence-corrected chi connectivity index (χ2v) is 16.5. The van der Waals surface area contributed by atoms with Gasteiger partial charge in [-0.3, -0.25) is 0 Å². The molecule has 4 heteroatoms. The Morgan fingerprint density at radius 1 is 0.674 bits per heavy atom. The molecule has 5 aromatic rings. The highest BCUT2D eigenvalue weighted by Crippen LogP contribution is 2.50. The largest absolute Gasteiger partial charge is 0.311 e. The molecule has 2 nitrogen and oxygen atoms in total. The van der Waals surface area contributed by atoms with Gasteiger partial charge in [0.2, 0.25) is 6.71 Å². The van der Waals surface area contributed by atoms with Gasteiger partial charge in [0, 0.05) is 34.1 Å². The van der Waals surface area contributed by atoms with Gasteiger partial charge in [-0.2, -0.15) is 0 Å². The van der Waals surface area contributed by atoms with Crippen LogP contribution in [0.2, 0.25) is 13.1 Å². The molecule has 0 aromatic heterocycles. The Kier molecular flexibility index (Phi) is 5.95. The monoisotopic (exact) mass is 568 g/mol. The van der Waals surface area contributed by atoms with Crippen molar-refractivity contribution < 1.29 is 0 Å². The van der Waals surface area contributed by atoms with Crippen molar-refractivity contribution in [2.45, 2.75) is 20.0 Å². The summed E-state index contributed by atoms with van der Waals surface area (Å²) in [5.41, 5.74) is 13.0. The van der Waals surface area contributed by atoms with Crippen LogP contribution in [0.5, 0.6) is 0 Å². The number of rotatable bonds is 5. The van der Waals surface area contributed by atoms with Crippen LogP contribution in [0.25, 0.3) is 5.20 Å². The number of para-hydroxylation sites is 3. The maximum Gasteiger partial charge on any atom is 0.247 e. The van der Waals surface area contributed by atoms with Crippen molar-refractivity contribution in [1.82, 2.24) is 0 Å². The van der Waals surface area contributed by atoms with Crippen molar-refractivity contribution in [2.24, 2.45) is 0 Å². The van der Waals surface area contributed by atoms with Gasteiger partial charge < -0.3 is 9.80 Å². The van der Waals surface area contributed by atoms with Gasteiger partial charge in [-0.1, -0.05) is 120 Å². The molecule has 3 aliphatic rings. The minimum atomic E-state index is -1.84. The molecule has 0 N–H and O–H groups in total. The highest BCUT2D eigenvalue weighted by molar-refractivity contribution is 7.10. The molecule has 0 atom stereocenters. The molecular formula is C39H33BN2Si. The zero-order chi connectivity index (χ0) is 29.1. The molecule has 0 fully saturated rings. The molecule has 43 heavy (non-hydrogen) atoms. The molecule has 0 spiro atoms. The summed E-state index contributed by atoms with van der Waals surface area (Å²) in [5, 5.41) is 3.14. The quantitative estimate of drug-likeness (QED) is 0.195. The van der Waals surface area contributed by atoms with Gasteiger partial charge in [-0.15, -0.1) is 0 Å². The van der Waals surface area contributed by atoms with Gasteiger partial charge in [0.15, 0.2) is 0 Å². The Balaban J connectivity index is 1.39. The minimum absolute atomic E-state index is 0.238. The summed E-state index contributed by atoms with van der Waals surface area (Å²) in [4.78, 5) is 4.86. The third-order valence-electron chi connectivity index (χ3n) is 9.35. The molecule has 0 unspecified atom stereocenters. The minimum Gasteiger partial charge on any atom is -0.311 e. The molecule has 3 aliphatic heterocycles. The fraction of sp³-hybridized carbons (Fsp3) is 0.0769. The number of allylic oxidation sites excluding steroid dienone is 5. The van der Waals surface area contributed by atoms with Gasteiger partial charge >= 0.3 is 0 Å². The van der Waals surface area contributed by atoms with Crippen LogP contribution < -0.4 is 20.7 Å². The molecule has 0 saturated carbocycles. The number of fused-ring (bicyclic) bond motifs is 4. The Morgan fingerprint density at radius 3 is 1.98 bits per heavy atom. The highest BCUT2D eigenvalue weighted by atomic mass is 28.3. The zero-order valence-electron chi connectivity index (χ0n) is 24.8. The first-order chi connectivity index (χ1) is 21.1. The van der Waals surface area contributed by atoms with Gasteiger partial charge in [-0.05, 0) is 78.0 Å². The van der Waals surface area contributed by atoms with E-state index in [0.717, 1.165) is 17.1 Å². The summed E-state index contributed by atoms with van der Waals surface area (Å²) < 4.78 is 0. The first-order valence-corrected chi connectivity index (χ1v) is 18.2. The van der Waals surface area contributed by atoms with E-state index in [4.69, 9.17) is 0 Å². The SMILES string of the molecule is C/C=C\C1=CC2=C(c3cccc4c3B2c2ccc(N(c3ccccc3)c3ccccc3)cc2N4c2ccccc2)[Si]1(C)C. The van der Waals surface area contributed by atoms with E-state index in [1.165, 1.54) is 44.2 Å². The maximum absolute atomic E-state index is 2.53. The van der Waals surface area contributed by atoms with E-state index >= 15 is 0 Å². The standard InChI is InChI=1S/C39H33BN2Si/c1-4-15-32-27-35-39(43(32,2)3)33-22-14-23-36-38(33)40(35)34-25-24-31(26-37(34)42(36)30-20-12-7-13-21-30)41(28-16-8-5-9-17-28)29-18-10-6-11-19-29/h4-27H,1-3H3/b15-4-. The number of hydrogen-bond acceptors (Lipinski definition) is 2. The molecule has 0 amide bonds. The Hall–Kier alpha value is -4.80. The Morgan fingerprint density at radius 2 is 1.33 bits per heavy atom. The van der Waals surface area contributed by atoms with Crippen molar-refractivity contribution in [1.29, 1.82) is 0 Å². The lowest BCUT2D eigenvalue weighted by Gasteiger charge is -2.37. The van der Waals surface area contributed by atoms with Crippen molar-refractivity contribution >= 4 is 65.0 Å². The van der Waals surface area contributed by atoms with Crippen molar-refractivity contribution in [3.8, 4) is 0 Å². The second kappa shape index (κ2) is 9.89. The Bertz CT molecular complexity index is 1920. The second-order valence-electron chi connectivity index (χ2n) is 12.1. The van der Waals surface area contributed by atoms with Gasteiger partial charge in [-0.25, -0.2) is 0 Å². The van der Waals surface area contributed by atoms with E-state index < -0.39 is 8.07 Å². The topological polar surface area (TPSA) is 6.48 Å². The summed E-state index contributed by atoms with van der Waals surface area (Å²) >= 11 is 0. The first-order valence-electron chi connectivity index (χ1n) is 15.2. The fourth-order valence-corrected chi connectivity index (χ4v) is 10.7. The predicted molar refractivity (Wildman–Crippen MR) is 188 cm³/mol. The molecule has 0 bridgehead atoms. The molecule has 5 aromatic carbocycles. The maximum atomic E-state index is 2.53. The highest BCUT2D eigenvalue weighted by Gasteiger charge is 2.50. The molecule has 206 valence electrons. The third-order valence-corrected chi connectivity index (χ3v) is 12.9. The molecule has 8 rings (SSSR count). The van der Waals surface area contributed by atoms with Crippen molar-refractivity contribution in [3.63, 3.8) is 0 Å². The Labute approximate surface area is 256 Å². The lowest BCUT2D eigenvalue weighted by molar-refractivity contribution is 1.25. The van der Waals surface area contributed by atoms with Crippen molar-refractivity contribution in [3.05, 3.63) is 162 Å². The molecule has 0 aliphatic carbocycles. The molecular weight excluding hydrogens is 535 g/mol. The van der Waals surface area contributed by atoms with Crippen LogP contribution in [0.3, 0.4) is 0 Å². The van der Waals surface area contributed by atoms with Crippen LogP contribution in [0.15, 0.2) is 156 Å². The number of anilines is 6. The summed E-state index contributed by atoms with van der Waals surface area (Å²) in [7, 11) is -1.84. The molecule has 3 heterocycles. The summed E-state index contributed by atoms with van der Waals surface area (Å²) in [5.74, 6) is 0. The van der Waals surface area contributed by atoms with E-state index in [0.29, 0.717) is 0 Å². The lowest BCUT2D eigenvalue weighted by atomic mass is 9.36. The third kappa shape index (κ3) is 3.87. The fourth-order valence-electron chi connectivity index (χ4n) is 7.52. The van der Waals surface area contributed by atoms with Crippen LogP contribution in [0.4, 0.5) is 34.1 Å². The summed E-state index contributed by atoms with van der Waals surface area (Å²) in [6.45, 7) is 7.42. The van der Waals surface area contributed by atoms with Crippen LogP contribution >= 0.6 is 0 Å². The number of benzene rings is 5. The van der Waals surface area contributed by atoms with Gasteiger partial charge in [0.1, 0.15) is 8.07 Å². The normalized spacial score (nSPS) is 15.8. The number of hydrogen-bond donors (Lipinski definition) is 0. The van der Waals surface area contributed by atoms with Crippen LogP contribution in [0.1, 0.15) is 12.5 Å². The van der Waals surface area contributed by atoms with Crippen LogP contribution in [-0.2, 0) is 0 Å². The van der Waals surface area contributed by atoms with Crippen LogP contribution in [0, 0.1) is 0 Å². The van der Waals surface area contributed by atoms with Gasteiger partial charge in [0.05, 0.1) is 0 Å². The first kappa shape index (κ1) is 25.9. The lowest BCUT2D eigenvalue weighted by Crippen LogP contribution is -2.50. The van der Waals surface area contributed by atoms with E-state index in [-0.39, 0.29) is 6.71 Å². The summed E-state index contributed by atoms with van der Waals surface area (Å²) in [6.07, 6.45) is 7.10. The van der Waals surface area contributed by atoms with E-state index in [1.807, 2.05) is 0 Å². The smallest absolute Gasteiger partial charge is 0.247 e. The van der Waals surface area contributed by atoms with Gasteiger partial charge in [0.25, 0.3) is 0 Å². The average molecular weight is 569 g/mol. The molecule has 0 saturated heterocycles. The zero-order valence-corrected chi connectivity index (χ0v) is 25.8. The van der Waals surface area contributed by atoms with E-state index in [1.54, 1.807) is 5.20 Å². The molecule has 0 radical (unpaired) electrons. The predicted octanol–water partition coefficient (Wildman–Crippen LogP) is 9.16. The van der Waals surface area contributed by atoms with E-state index in [9.17, 15) is 0 Å². The van der Waals surface area contributed by atoms with E-state index in [2.05, 4.69) is 175 Å². The summed E-state index contributed by atoms with van der Waals surface area (Å²) in [6, 6.07) is 46.4.